The maximum absolute atomic E-state index is 12.8. The van der Waals surface area contributed by atoms with Crippen LogP contribution in [0.2, 0.25) is 0 Å². The van der Waals surface area contributed by atoms with E-state index < -0.39 is 10.0 Å². The van der Waals surface area contributed by atoms with Crippen LogP contribution in [0.5, 0.6) is 0 Å². The summed E-state index contributed by atoms with van der Waals surface area (Å²) in [6.07, 6.45) is 0. The highest BCUT2D eigenvalue weighted by molar-refractivity contribution is 7.89. The number of fused-ring (bicyclic) bond motifs is 1. The van der Waals surface area contributed by atoms with Gasteiger partial charge in [0.2, 0.25) is 10.0 Å². The lowest BCUT2D eigenvalue weighted by Crippen LogP contribution is -2.38. The molecule has 3 rings (SSSR count). The van der Waals surface area contributed by atoms with Crippen molar-refractivity contribution >= 4 is 10.0 Å². The van der Waals surface area contributed by atoms with Gasteiger partial charge >= 0.3 is 0 Å². The number of hydrogen-bond donors (Lipinski definition) is 1. The summed E-state index contributed by atoms with van der Waals surface area (Å²) in [7, 11) is -3.50. The van der Waals surface area contributed by atoms with Crippen LogP contribution in [0.25, 0.3) is 0 Å². The molecule has 2 saturated heterocycles. The molecule has 0 bridgehead atoms. The quantitative estimate of drug-likeness (QED) is 0.857. The minimum absolute atomic E-state index is 0.0266. The van der Waals surface area contributed by atoms with Crippen molar-refractivity contribution in [2.24, 2.45) is 11.8 Å². The van der Waals surface area contributed by atoms with E-state index in [1.807, 2.05) is 6.92 Å². The highest BCUT2D eigenvalue weighted by Crippen LogP contribution is 2.37. The second-order valence-electron chi connectivity index (χ2n) is 5.55. The molecule has 3 heterocycles. The molecule has 0 amide bonds. The first-order chi connectivity index (χ1) is 8.93. The zero-order chi connectivity index (χ0) is 13.8. The summed E-state index contributed by atoms with van der Waals surface area (Å²) in [5.41, 5.74) is 0.444. The third kappa shape index (κ3) is 1.83. The second-order valence-corrected chi connectivity index (χ2v) is 7.38. The van der Waals surface area contributed by atoms with E-state index >= 15 is 0 Å². The van der Waals surface area contributed by atoms with E-state index in [4.69, 9.17) is 4.52 Å². The molecule has 1 aromatic heterocycles. The molecule has 0 aromatic carbocycles. The number of nitrogens with one attached hydrogen (secondary N) is 1. The van der Waals surface area contributed by atoms with Crippen LogP contribution in [0.15, 0.2) is 9.42 Å². The predicted molar refractivity (Wildman–Crippen MR) is 69.2 cm³/mol. The molecule has 6 nitrogen and oxygen atoms in total. The van der Waals surface area contributed by atoms with Gasteiger partial charge in [0.05, 0.1) is 0 Å². The van der Waals surface area contributed by atoms with Gasteiger partial charge < -0.3 is 9.84 Å². The molecule has 0 spiro atoms. The van der Waals surface area contributed by atoms with Crippen molar-refractivity contribution < 1.29 is 12.9 Å². The number of aryl methyl sites for hydroxylation is 2. The van der Waals surface area contributed by atoms with Crippen LogP contribution in [0, 0.1) is 25.7 Å². The number of sulfonamides is 1. The van der Waals surface area contributed by atoms with Crippen LogP contribution in [0.3, 0.4) is 0 Å². The first-order valence-electron chi connectivity index (χ1n) is 6.58. The standard InChI is InChI=1S/C12H19N3O3S/c1-7-12(9(3)18-14-7)19(16,17)15-6-10-4-13-5-11(10)8(15)2/h8,10-11,13H,4-6H2,1-3H3. The number of nitrogens with zero attached hydrogens (tertiary/aromatic N) is 2. The summed E-state index contributed by atoms with van der Waals surface area (Å²) in [4.78, 5) is 0.243. The van der Waals surface area contributed by atoms with E-state index in [1.54, 1.807) is 18.2 Å². The van der Waals surface area contributed by atoms with Gasteiger partial charge in [-0.05, 0) is 45.7 Å². The Kier molecular flexibility index (Phi) is 2.95. The van der Waals surface area contributed by atoms with Crippen molar-refractivity contribution in [3.63, 3.8) is 0 Å². The Balaban J connectivity index is 1.98. The summed E-state index contributed by atoms with van der Waals surface area (Å²) in [5.74, 6) is 1.21. The largest absolute Gasteiger partial charge is 0.360 e. The molecule has 7 heteroatoms. The van der Waals surface area contributed by atoms with E-state index in [0.29, 0.717) is 29.8 Å². The van der Waals surface area contributed by atoms with Gasteiger partial charge in [0, 0.05) is 12.6 Å². The number of aromatic nitrogens is 1. The van der Waals surface area contributed by atoms with Gasteiger partial charge in [-0.3, -0.25) is 0 Å². The lowest BCUT2D eigenvalue weighted by atomic mass is 9.95. The summed E-state index contributed by atoms with van der Waals surface area (Å²) in [6.45, 7) is 7.71. The molecule has 19 heavy (non-hydrogen) atoms. The third-order valence-corrected chi connectivity index (χ3v) is 6.61. The molecule has 106 valence electrons. The number of hydrogen-bond acceptors (Lipinski definition) is 5. The van der Waals surface area contributed by atoms with Gasteiger partial charge in [-0.15, -0.1) is 0 Å². The van der Waals surface area contributed by atoms with Crippen LogP contribution in [-0.4, -0.2) is 43.6 Å². The van der Waals surface area contributed by atoms with Gasteiger partial charge in [-0.2, -0.15) is 4.31 Å². The fourth-order valence-electron chi connectivity index (χ4n) is 3.41. The van der Waals surface area contributed by atoms with Gasteiger partial charge in [-0.1, -0.05) is 5.16 Å². The molecule has 2 aliphatic rings. The maximum atomic E-state index is 12.8. The zero-order valence-corrected chi connectivity index (χ0v) is 12.2. The van der Waals surface area contributed by atoms with Gasteiger partial charge in [0.15, 0.2) is 5.76 Å². The SMILES string of the molecule is Cc1noc(C)c1S(=O)(=O)N1CC2CNCC2C1C. The average molecular weight is 285 g/mol. The minimum atomic E-state index is -3.50. The molecule has 0 saturated carbocycles. The van der Waals surface area contributed by atoms with Crippen molar-refractivity contribution in [1.29, 1.82) is 0 Å². The van der Waals surface area contributed by atoms with Crippen LogP contribution >= 0.6 is 0 Å². The van der Waals surface area contributed by atoms with E-state index in [9.17, 15) is 8.42 Å². The van der Waals surface area contributed by atoms with Gasteiger partial charge in [-0.25, -0.2) is 8.42 Å². The first-order valence-corrected chi connectivity index (χ1v) is 8.02. The Bertz CT molecular complexity index is 576. The van der Waals surface area contributed by atoms with Crippen molar-refractivity contribution in [3.05, 3.63) is 11.5 Å². The fraction of sp³-hybridized carbons (Fsp3) is 0.750. The average Bonchev–Trinajstić information content (AvgIpc) is 2.97. The molecule has 0 radical (unpaired) electrons. The highest BCUT2D eigenvalue weighted by Gasteiger charge is 2.48. The second kappa shape index (κ2) is 4.29. The summed E-state index contributed by atoms with van der Waals surface area (Å²) in [5, 5.41) is 7.09. The van der Waals surface area contributed by atoms with Crippen LogP contribution in [0.4, 0.5) is 0 Å². The van der Waals surface area contributed by atoms with Crippen LogP contribution in [0.1, 0.15) is 18.4 Å². The van der Waals surface area contributed by atoms with E-state index in [2.05, 4.69) is 10.5 Å². The highest BCUT2D eigenvalue weighted by atomic mass is 32.2. The fourth-order valence-corrected chi connectivity index (χ4v) is 5.43. The van der Waals surface area contributed by atoms with Crippen molar-refractivity contribution in [2.75, 3.05) is 19.6 Å². The van der Waals surface area contributed by atoms with E-state index in [-0.39, 0.29) is 10.9 Å². The molecule has 1 aromatic rings. The lowest BCUT2D eigenvalue weighted by molar-refractivity contribution is 0.358. The molecule has 2 aliphatic heterocycles. The normalized spacial score (nSPS) is 31.8. The zero-order valence-electron chi connectivity index (χ0n) is 11.4. The number of rotatable bonds is 2. The monoisotopic (exact) mass is 285 g/mol. The summed E-state index contributed by atoms with van der Waals surface area (Å²) >= 11 is 0. The van der Waals surface area contributed by atoms with Crippen molar-refractivity contribution in [3.8, 4) is 0 Å². The Morgan fingerprint density at radius 2 is 2.11 bits per heavy atom. The smallest absolute Gasteiger partial charge is 0.248 e. The predicted octanol–water partition coefficient (Wildman–Crippen LogP) is 0.520. The Hall–Kier alpha value is -0.920. The van der Waals surface area contributed by atoms with Crippen molar-refractivity contribution in [1.82, 2.24) is 14.8 Å². The molecule has 1 N–H and O–H groups in total. The molecular weight excluding hydrogens is 266 g/mol. The van der Waals surface area contributed by atoms with Gasteiger partial charge in [0.1, 0.15) is 10.6 Å². The van der Waals surface area contributed by atoms with E-state index in [1.165, 1.54) is 0 Å². The van der Waals surface area contributed by atoms with Crippen LogP contribution in [-0.2, 0) is 10.0 Å². The molecule has 3 unspecified atom stereocenters. The molecular formula is C12H19N3O3S. The summed E-state index contributed by atoms with van der Waals surface area (Å²) in [6, 6.07) is 0.0266. The lowest BCUT2D eigenvalue weighted by Gasteiger charge is -2.23. The molecule has 2 fully saturated rings. The van der Waals surface area contributed by atoms with Crippen LogP contribution < -0.4 is 5.32 Å². The minimum Gasteiger partial charge on any atom is -0.360 e. The maximum Gasteiger partial charge on any atom is 0.248 e. The van der Waals surface area contributed by atoms with Gasteiger partial charge in [0.25, 0.3) is 0 Å². The Morgan fingerprint density at radius 3 is 2.68 bits per heavy atom. The Labute approximate surface area is 113 Å². The topological polar surface area (TPSA) is 75.4 Å². The Morgan fingerprint density at radius 1 is 1.37 bits per heavy atom. The van der Waals surface area contributed by atoms with E-state index in [0.717, 1.165) is 13.1 Å². The third-order valence-electron chi connectivity index (χ3n) is 4.41. The van der Waals surface area contributed by atoms with Crippen molar-refractivity contribution in [2.45, 2.75) is 31.7 Å². The molecule has 0 aliphatic carbocycles. The first kappa shape index (κ1) is 13.1. The summed E-state index contributed by atoms with van der Waals surface area (Å²) < 4.78 is 32.2. The molecule has 3 atom stereocenters.